The molecule has 3 rings (SSSR count). The maximum absolute atomic E-state index is 12.5. The Morgan fingerprint density at radius 2 is 1.85 bits per heavy atom. The quantitative estimate of drug-likeness (QED) is 0.584. The minimum absolute atomic E-state index is 0.156. The molecular formula is C15H13Cl2NO2. The molecule has 1 heterocycles. The minimum atomic E-state index is -0.252. The first-order chi connectivity index (χ1) is 9.49. The number of benzene rings is 1. The van der Waals surface area contributed by atoms with Crippen LogP contribution in [0.15, 0.2) is 29.8 Å². The number of carbonyl (C=O) groups excluding carboxylic acids is 2. The summed E-state index contributed by atoms with van der Waals surface area (Å²) in [6, 6.07) is 4.80. The van der Waals surface area contributed by atoms with Crippen molar-refractivity contribution < 1.29 is 9.59 Å². The van der Waals surface area contributed by atoms with Crippen molar-refractivity contribution in [3.05, 3.63) is 39.9 Å². The van der Waals surface area contributed by atoms with Gasteiger partial charge in [0.05, 0.1) is 22.5 Å². The van der Waals surface area contributed by atoms with Crippen molar-refractivity contribution in [3.63, 3.8) is 0 Å². The predicted octanol–water partition coefficient (Wildman–Crippen LogP) is 3.84. The Morgan fingerprint density at radius 1 is 1.15 bits per heavy atom. The Bertz CT molecular complexity index is 639. The van der Waals surface area contributed by atoms with Crippen molar-refractivity contribution in [1.82, 2.24) is 0 Å². The molecule has 2 aliphatic rings. The van der Waals surface area contributed by atoms with Gasteiger partial charge in [0.1, 0.15) is 0 Å². The van der Waals surface area contributed by atoms with E-state index >= 15 is 0 Å². The number of hydrogen-bond acceptors (Lipinski definition) is 2. The fraction of sp³-hybridized carbons (Fsp3) is 0.333. The van der Waals surface area contributed by atoms with E-state index in [0.717, 1.165) is 5.57 Å². The number of imide groups is 1. The highest BCUT2D eigenvalue weighted by Crippen LogP contribution is 2.41. The van der Waals surface area contributed by atoms with Crippen LogP contribution in [0.2, 0.25) is 10.0 Å². The van der Waals surface area contributed by atoms with Crippen molar-refractivity contribution >= 4 is 40.7 Å². The predicted molar refractivity (Wildman–Crippen MR) is 78.9 cm³/mol. The number of amides is 2. The van der Waals surface area contributed by atoms with Gasteiger partial charge in [-0.15, -0.1) is 0 Å². The lowest BCUT2D eigenvalue weighted by atomic mass is 9.82. The first kappa shape index (κ1) is 13.7. The number of carbonyl (C=O) groups is 2. The highest BCUT2D eigenvalue weighted by Gasteiger charge is 2.49. The van der Waals surface area contributed by atoms with Crippen molar-refractivity contribution in [2.75, 3.05) is 4.90 Å². The Hall–Kier alpha value is -1.32. The summed E-state index contributed by atoms with van der Waals surface area (Å²) in [4.78, 5) is 26.2. The third-order valence-electron chi connectivity index (χ3n) is 3.97. The fourth-order valence-electron chi connectivity index (χ4n) is 2.94. The average Bonchev–Trinajstić information content (AvgIpc) is 2.63. The standard InChI is InChI=1S/C15H13Cl2NO2/c1-8-2-4-10-11(6-8)15(20)18(14(10)19)13-5-3-9(16)7-12(13)17/h2-3,5,7,10-11H,4,6H2,1H3/t10-,11+/m1/s1. The highest BCUT2D eigenvalue weighted by molar-refractivity contribution is 6.38. The lowest BCUT2D eigenvalue weighted by Gasteiger charge is -2.18. The number of rotatable bonds is 1. The summed E-state index contributed by atoms with van der Waals surface area (Å²) < 4.78 is 0. The van der Waals surface area contributed by atoms with Gasteiger partial charge in [0.2, 0.25) is 11.8 Å². The molecule has 0 saturated carbocycles. The zero-order valence-electron chi connectivity index (χ0n) is 10.9. The summed E-state index contributed by atoms with van der Waals surface area (Å²) in [6.07, 6.45) is 3.32. The third-order valence-corrected chi connectivity index (χ3v) is 4.51. The van der Waals surface area contributed by atoms with E-state index in [0.29, 0.717) is 28.6 Å². The Labute approximate surface area is 127 Å². The van der Waals surface area contributed by atoms with Gasteiger partial charge in [-0.3, -0.25) is 9.59 Å². The van der Waals surface area contributed by atoms with E-state index in [-0.39, 0.29) is 23.7 Å². The Morgan fingerprint density at radius 3 is 2.55 bits per heavy atom. The lowest BCUT2D eigenvalue weighted by molar-refractivity contribution is -0.122. The molecule has 1 aromatic rings. The zero-order chi connectivity index (χ0) is 14.4. The zero-order valence-corrected chi connectivity index (χ0v) is 12.4. The summed E-state index contributed by atoms with van der Waals surface area (Å²) in [5.41, 5.74) is 1.59. The molecule has 20 heavy (non-hydrogen) atoms. The molecule has 1 saturated heterocycles. The summed E-state index contributed by atoms with van der Waals surface area (Å²) in [7, 11) is 0. The molecule has 0 spiro atoms. The fourth-order valence-corrected chi connectivity index (χ4v) is 3.43. The number of nitrogens with zero attached hydrogens (tertiary/aromatic N) is 1. The molecule has 5 heteroatoms. The molecule has 1 aliphatic carbocycles. The minimum Gasteiger partial charge on any atom is -0.274 e. The van der Waals surface area contributed by atoms with Crippen LogP contribution in [0.5, 0.6) is 0 Å². The molecule has 0 aromatic heterocycles. The van der Waals surface area contributed by atoms with E-state index in [9.17, 15) is 9.59 Å². The van der Waals surface area contributed by atoms with Gasteiger partial charge in [-0.2, -0.15) is 0 Å². The van der Waals surface area contributed by atoms with Crippen molar-refractivity contribution in [1.29, 1.82) is 0 Å². The molecule has 1 fully saturated rings. The van der Waals surface area contributed by atoms with E-state index in [2.05, 4.69) is 0 Å². The molecule has 0 radical (unpaired) electrons. The second-order valence-corrected chi connectivity index (χ2v) is 6.15. The van der Waals surface area contributed by atoms with Crippen LogP contribution in [-0.2, 0) is 9.59 Å². The van der Waals surface area contributed by atoms with Gasteiger partial charge in [0, 0.05) is 5.02 Å². The smallest absolute Gasteiger partial charge is 0.238 e. The summed E-state index contributed by atoms with van der Waals surface area (Å²) in [5, 5.41) is 0.801. The van der Waals surface area contributed by atoms with Crippen LogP contribution in [0.3, 0.4) is 0 Å². The van der Waals surface area contributed by atoms with Gasteiger partial charge in [-0.05, 0) is 38.0 Å². The van der Waals surface area contributed by atoms with Gasteiger partial charge < -0.3 is 0 Å². The second-order valence-electron chi connectivity index (χ2n) is 5.31. The molecule has 1 aromatic carbocycles. The first-order valence-electron chi connectivity index (χ1n) is 6.47. The molecule has 0 bridgehead atoms. The molecular weight excluding hydrogens is 297 g/mol. The normalized spacial score (nSPS) is 25.8. The number of hydrogen-bond donors (Lipinski definition) is 0. The van der Waals surface area contributed by atoms with E-state index in [1.165, 1.54) is 4.90 Å². The van der Waals surface area contributed by atoms with Crippen LogP contribution in [-0.4, -0.2) is 11.8 Å². The summed E-state index contributed by atoms with van der Waals surface area (Å²) >= 11 is 12.0. The summed E-state index contributed by atoms with van der Waals surface area (Å²) in [5.74, 6) is -0.818. The summed E-state index contributed by atoms with van der Waals surface area (Å²) in [6.45, 7) is 1.99. The largest absolute Gasteiger partial charge is 0.274 e. The van der Waals surface area contributed by atoms with Crippen LogP contribution in [0.1, 0.15) is 19.8 Å². The molecule has 104 valence electrons. The maximum Gasteiger partial charge on any atom is 0.238 e. The van der Waals surface area contributed by atoms with Crippen molar-refractivity contribution in [2.45, 2.75) is 19.8 Å². The van der Waals surface area contributed by atoms with Crippen molar-refractivity contribution in [3.8, 4) is 0 Å². The van der Waals surface area contributed by atoms with Gasteiger partial charge in [-0.1, -0.05) is 34.9 Å². The topological polar surface area (TPSA) is 37.4 Å². The van der Waals surface area contributed by atoms with Gasteiger partial charge in [-0.25, -0.2) is 4.90 Å². The van der Waals surface area contributed by atoms with Gasteiger partial charge >= 0.3 is 0 Å². The van der Waals surface area contributed by atoms with Crippen LogP contribution in [0.4, 0.5) is 5.69 Å². The lowest BCUT2D eigenvalue weighted by Crippen LogP contribution is -2.31. The SMILES string of the molecule is CC1=CC[C@H]2C(=O)N(c3ccc(Cl)cc3Cl)C(=O)[C@H]2C1. The molecule has 2 amide bonds. The van der Waals surface area contributed by atoms with Crippen LogP contribution < -0.4 is 4.90 Å². The number of anilines is 1. The molecule has 0 unspecified atom stereocenters. The third kappa shape index (κ3) is 2.05. The first-order valence-corrected chi connectivity index (χ1v) is 7.23. The highest BCUT2D eigenvalue weighted by atomic mass is 35.5. The van der Waals surface area contributed by atoms with Gasteiger partial charge in [0.15, 0.2) is 0 Å². The number of fused-ring (bicyclic) bond motifs is 1. The molecule has 3 nitrogen and oxygen atoms in total. The Kier molecular flexibility index (Phi) is 3.35. The maximum atomic E-state index is 12.5. The van der Waals surface area contributed by atoms with Gasteiger partial charge in [0.25, 0.3) is 0 Å². The molecule has 0 N–H and O–H groups in total. The van der Waals surface area contributed by atoms with Crippen LogP contribution >= 0.6 is 23.2 Å². The number of halogens is 2. The second kappa shape index (κ2) is 4.90. The number of allylic oxidation sites excluding steroid dienone is 2. The molecule has 2 atom stereocenters. The Balaban J connectivity index is 2.00. The van der Waals surface area contributed by atoms with Crippen LogP contribution in [0.25, 0.3) is 0 Å². The average molecular weight is 310 g/mol. The van der Waals surface area contributed by atoms with Crippen molar-refractivity contribution in [2.24, 2.45) is 11.8 Å². The van der Waals surface area contributed by atoms with E-state index in [1.807, 2.05) is 13.0 Å². The van der Waals surface area contributed by atoms with E-state index in [1.54, 1.807) is 18.2 Å². The molecule has 1 aliphatic heterocycles. The van der Waals surface area contributed by atoms with E-state index < -0.39 is 0 Å². The van der Waals surface area contributed by atoms with Crippen LogP contribution in [0, 0.1) is 11.8 Å². The van der Waals surface area contributed by atoms with E-state index in [4.69, 9.17) is 23.2 Å². The monoisotopic (exact) mass is 309 g/mol.